The zero-order chi connectivity index (χ0) is 15.0. The van der Waals surface area contributed by atoms with Crippen molar-refractivity contribution in [2.24, 2.45) is 5.10 Å². The third kappa shape index (κ3) is 2.52. The minimum Gasteiger partial charge on any atom is -0.504 e. The number of rotatable bonds is 2. The van der Waals surface area contributed by atoms with Gasteiger partial charge < -0.3 is 9.84 Å². The summed E-state index contributed by atoms with van der Waals surface area (Å²) in [4.78, 5) is 0.972. The first-order valence-electron chi connectivity index (χ1n) is 6.33. The Hall–Kier alpha value is -2.28. The van der Waals surface area contributed by atoms with Crippen LogP contribution in [0.15, 0.2) is 33.4 Å². The van der Waals surface area contributed by atoms with E-state index in [0.29, 0.717) is 5.75 Å². The first kappa shape index (κ1) is 13.7. The number of benzene rings is 1. The third-order valence-corrected chi connectivity index (χ3v) is 4.15. The molecule has 108 valence electrons. The molecule has 1 aromatic heterocycles. The fourth-order valence-corrected chi connectivity index (χ4v) is 2.89. The molecule has 0 atom stereocenters. The SMILES string of the molecule is COc1ccc(/C=C2\Sc3nnc(C)n3N=C2C)cc1O. The third-order valence-electron chi connectivity index (χ3n) is 3.08. The number of nitrogens with zero attached hydrogens (tertiary/aromatic N) is 4. The molecule has 0 bridgehead atoms. The minimum absolute atomic E-state index is 0.112. The van der Waals surface area contributed by atoms with Crippen molar-refractivity contribution in [3.8, 4) is 11.5 Å². The molecule has 1 aliphatic heterocycles. The van der Waals surface area contributed by atoms with Crippen LogP contribution in [0.2, 0.25) is 0 Å². The van der Waals surface area contributed by atoms with Crippen molar-refractivity contribution in [1.82, 2.24) is 14.9 Å². The van der Waals surface area contributed by atoms with Crippen LogP contribution in [0.5, 0.6) is 11.5 Å². The zero-order valence-corrected chi connectivity index (χ0v) is 12.7. The summed E-state index contributed by atoms with van der Waals surface area (Å²) in [6.07, 6.45) is 1.95. The van der Waals surface area contributed by atoms with Gasteiger partial charge >= 0.3 is 0 Å². The molecule has 1 N–H and O–H groups in total. The molecule has 6 nitrogen and oxygen atoms in total. The largest absolute Gasteiger partial charge is 0.504 e. The van der Waals surface area contributed by atoms with Crippen LogP contribution < -0.4 is 4.74 Å². The second kappa shape index (κ2) is 5.25. The number of aromatic nitrogens is 3. The fraction of sp³-hybridized carbons (Fsp3) is 0.214. The van der Waals surface area contributed by atoms with E-state index in [-0.39, 0.29) is 5.75 Å². The number of hydrogen-bond donors (Lipinski definition) is 1. The number of methoxy groups -OCH3 is 1. The summed E-state index contributed by atoms with van der Waals surface area (Å²) in [6.45, 7) is 3.80. The van der Waals surface area contributed by atoms with Crippen LogP contribution >= 0.6 is 11.8 Å². The van der Waals surface area contributed by atoms with Gasteiger partial charge in [0.2, 0.25) is 5.16 Å². The maximum Gasteiger partial charge on any atom is 0.216 e. The normalized spacial score (nSPS) is 15.8. The van der Waals surface area contributed by atoms with Crippen LogP contribution in [0.4, 0.5) is 0 Å². The summed E-state index contributed by atoms with van der Waals surface area (Å²) in [5.74, 6) is 1.33. The van der Waals surface area contributed by atoms with E-state index in [2.05, 4.69) is 15.3 Å². The number of thioether (sulfide) groups is 1. The quantitative estimate of drug-likeness (QED) is 0.923. The lowest BCUT2D eigenvalue weighted by Crippen LogP contribution is -2.07. The van der Waals surface area contributed by atoms with Crippen molar-refractivity contribution in [2.45, 2.75) is 19.0 Å². The number of phenolic OH excluding ortho intramolecular Hbond substituents is 1. The molecule has 0 amide bonds. The van der Waals surface area contributed by atoms with E-state index in [1.54, 1.807) is 16.8 Å². The lowest BCUT2D eigenvalue weighted by atomic mass is 10.1. The summed E-state index contributed by atoms with van der Waals surface area (Å²) >= 11 is 1.50. The molecule has 2 aromatic rings. The van der Waals surface area contributed by atoms with Crippen LogP contribution in [-0.2, 0) is 0 Å². The number of ether oxygens (including phenoxy) is 1. The maximum absolute atomic E-state index is 9.83. The molecule has 0 saturated carbocycles. The molecule has 1 aliphatic rings. The Morgan fingerprint density at radius 2 is 2.10 bits per heavy atom. The van der Waals surface area contributed by atoms with Gasteiger partial charge in [-0.05, 0) is 49.4 Å². The summed E-state index contributed by atoms with van der Waals surface area (Å²) < 4.78 is 6.76. The van der Waals surface area contributed by atoms with Crippen molar-refractivity contribution < 1.29 is 9.84 Å². The average Bonchev–Trinajstić information content (AvgIpc) is 2.81. The molecular weight excluding hydrogens is 288 g/mol. The molecule has 0 unspecified atom stereocenters. The summed E-state index contributed by atoms with van der Waals surface area (Å²) in [7, 11) is 1.52. The van der Waals surface area contributed by atoms with Gasteiger partial charge in [-0.15, -0.1) is 10.2 Å². The van der Waals surface area contributed by atoms with E-state index in [1.807, 2.05) is 26.0 Å². The first-order chi connectivity index (χ1) is 10.1. The maximum atomic E-state index is 9.83. The van der Waals surface area contributed by atoms with Crippen LogP contribution in [0.3, 0.4) is 0 Å². The second-order valence-corrected chi connectivity index (χ2v) is 5.58. The Morgan fingerprint density at radius 1 is 1.29 bits per heavy atom. The number of fused-ring (bicyclic) bond motifs is 1. The van der Waals surface area contributed by atoms with Gasteiger partial charge in [0, 0.05) is 4.91 Å². The number of phenols is 1. The van der Waals surface area contributed by atoms with E-state index in [1.165, 1.54) is 18.9 Å². The number of aromatic hydroxyl groups is 1. The monoisotopic (exact) mass is 302 g/mol. The fourth-order valence-electron chi connectivity index (χ4n) is 1.97. The Labute approximate surface area is 126 Å². The molecule has 0 fully saturated rings. The highest BCUT2D eigenvalue weighted by atomic mass is 32.2. The van der Waals surface area contributed by atoms with E-state index in [4.69, 9.17) is 4.74 Å². The van der Waals surface area contributed by atoms with Crippen molar-refractivity contribution >= 4 is 23.5 Å². The van der Waals surface area contributed by atoms with Gasteiger partial charge in [-0.3, -0.25) is 0 Å². The lowest BCUT2D eigenvalue weighted by molar-refractivity contribution is 0.373. The Morgan fingerprint density at radius 3 is 2.81 bits per heavy atom. The number of hydrogen-bond acceptors (Lipinski definition) is 6. The van der Waals surface area contributed by atoms with Crippen molar-refractivity contribution in [3.63, 3.8) is 0 Å². The lowest BCUT2D eigenvalue weighted by Gasteiger charge is -2.13. The van der Waals surface area contributed by atoms with Crippen molar-refractivity contribution in [3.05, 3.63) is 34.5 Å². The van der Waals surface area contributed by atoms with Crippen LogP contribution in [-0.4, -0.2) is 32.8 Å². The molecule has 3 rings (SSSR count). The summed E-state index contributed by atoms with van der Waals surface area (Å²) in [5.41, 5.74) is 1.75. The van der Waals surface area contributed by atoms with Gasteiger partial charge in [-0.25, -0.2) is 0 Å². The first-order valence-corrected chi connectivity index (χ1v) is 7.14. The molecule has 2 heterocycles. The smallest absolute Gasteiger partial charge is 0.216 e. The summed E-state index contributed by atoms with van der Waals surface area (Å²) in [6, 6.07) is 5.27. The van der Waals surface area contributed by atoms with Gasteiger partial charge in [0.25, 0.3) is 0 Å². The molecular formula is C14H14N4O2S. The summed E-state index contributed by atoms with van der Waals surface area (Å²) in [5, 5.41) is 23.1. The standard InChI is InChI=1S/C14H14N4O2S/c1-8-13(21-14-16-15-9(2)18(14)17-8)7-10-4-5-12(20-3)11(19)6-10/h4-7,19H,1-3H3/b13-7-. The van der Waals surface area contributed by atoms with E-state index in [9.17, 15) is 5.11 Å². The number of allylic oxidation sites excluding steroid dienone is 1. The van der Waals surface area contributed by atoms with Crippen LogP contribution in [0.25, 0.3) is 6.08 Å². The topological polar surface area (TPSA) is 72.5 Å². The molecule has 0 saturated heterocycles. The van der Waals surface area contributed by atoms with Gasteiger partial charge in [0.1, 0.15) is 0 Å². The van der Waals surface area contributed by atoms with E-state index >= 15 is 0 Å². The zero-order valence-electron chi connectivity index (χ0n) is 11.9. The molecule has 21 heavy (non-hydrogen) atoms. The van der Waals surface area contributed by atoms with Gasteiger partial charge in [-0.1, -0.05) is 6.07 Å². The molecule has 0 radical (unpaired) electrons. The Balaban J connectivity index is 1.96. The second-order valence-electron chi connectivity index (χ2n) is 4.57. The highest BCUT2D eigenvalue weighted by molar-refractivity contribution is 8.04. The van der Waals surface area contributed by atoms with Crippen molar-refractivity contribution in [2.75, 3.05) is 7.11 Å². The van der Waals surface area contributed by atoms with E-state index in [0.717, 1.165) is 27.2 Å². The Bertz CT molecular complexity index is 764. The Kier molecular flexibility index (Phi) is 3.42. The van der Waals surface area contributed by atoms with Crippen LogP contribution in [0.1, 0.15) is 18.3 Å². The highest BCUT2D eigenvalue weighted by Gasteiger charge is 2.19. The highest BCUT2D eigenvalue weighted by Crippen LogP contribution is 2.34. The average molecular weight is 302 g/mol. The van der Waals surface area contributed by atoms with Crippen LogP contribution in [0, 0.1) is 6.92 Å². The van der Waals surface area contributed by atoms with Gasteiger partial charge in [-0.2, -0.15) is 9.78 Å². The molecule has 1 aromatic carbocycles. The molecule has 7 heteroatoms. The van der Waals surface area contributed by atoms with E-state index < -0.39 is 0 Å². The van der Waals surface area contributed by atoms with Gasteiger partial charge in [0.05, 0.1) is 12.8 Å². The minimum atomic E-state index is 0.112. The predicted molar refractivity (Wildman–Crippen MR) is 81.8 cm³/mol. The number of aryl methyl sites for hydroxylation is 1. The predicted octanol–water partition coefficient (Wildman–Crippen LogP) is 2.67. The molecule has 0 aliphatic carbocycles. The van der Waals surface area contributed by atoms with Gasteiger partial charge in [0.15, 0.2) is 17.3 Å². The molecule has 0 spiro atoms. The van der Waals surface area contributed by atoms with Crippen molar-refractivity contribution in [1.29, 1.82) is 0 Å².